The van der Waals surface area contributed by atoms with Gasteiger partial charge in [-0.15, -0.1) is 11.3 Å². The van der Waals surface area contributed by atoms with Gasteiger partial charge in [-0.25, -0.2) is 4.79 Å². The second-order valence-corrected chi connectivity index (χ2v) is 5.59. The third-order valence-electron chi connectivity index (χ3n) is 3.19. The van der Waals surface area contributed by atoms with Crippen molar-refractivity contribution in [2.75, 3.05) is 0 Å². The van der Waals surface area contributed by atoms with Crippen LogP contribution in [-0.2, 0) is 0 Å². The number of aromatic nitrogens is 1. The van der Waals surface area contributed by atoms with Crippen molar-refractivity contribution in [3.8, 4) is 10.6 Å². The summed E-state index contributed by atoms with van der Waals surface area (Å²) < 4.78 is 0. The number of hydrogen-bond acceptors (Lipinski definition) is 3. The molecule has 3 nitrogen and oxygen atoms in total. The Hall–Kier alpha value is -1.68. The van der Waals surface area contributed by atoms with E-state index in [0.717, 1.165) is 34.7 Å². The molecule has 1 saturated carbocycles. The van der Waals surface area contributed by atoms with Crippen LogP contribution in [0.25, 0.3) is 10.6 Å². The lowest BCUT2D eigenvalue weighted by Crippen LogP contribution is -2.06. The van der Waals surface area contributed by atoms with Gasteiger partial charge in [-0.2, -0.15) is 0 Å². The van der Waals surface area contributed by atoms with E-state index in [0.29, 0.717) is 11.5 Å². The Morgan fingerprint density at radius 1 is 1.50 bits per heavy atom. The van der Waals surface area contributed by atoms with E-state index < -0.39 is 5.97 Å². The summed E-state index contributed by atoms with van der Waals surface area (Å²) in [5.74, 6) is -0.527. The molecule has 1 aliphatic rings. The molecule has 3 rings (SSSR count). The zero-order valence-corrected chi connectivity index (χ0v) is 10.8. The SMILES string of the molecule is Cc1cc(C(=O)O)c(C2CC2)nc1-c1cccs1. The second kappa shape index (κ2) is 4.21. The molecule has 2 heterocycles. The van der Waals surface area contributed by atoms with Crippen LogP contribution < -0.4 is 0 Å². The lowest BCUT2D eigenvalue weighted by molar-refractivity contribution is 0.0695. The molecule has 0 spiro atoms. The quantitative estimate of drug-likeness (QED) is 0.914. The highest BCUT2D eigenvalue weighted by Gasteiger charge is 2.30. The molecule has 1 aliphatic carbocycles. The first-order valence-electron chi connectivity index (χ1n) is 5.95. The number of aryl methyl sites for hydroxylation is 1. The molecule has 4 heteroatoms. The Morgan fingerprint density at radius 2 is 2.28 bits per heavy atom. The topological polar surface area (TPSA) is 50.2 Å². The summed E-state index contributed by atoms with van der Waals surface area (Å²) in [6.45, 7) is 1.92. The van der Waals surface area contributed by atoms with E-state index in [1.807, 2.05) is 24.4 Å². The van der Waals surface area contributed by atoms with Gasteiger partial charge in [0.1, 0.15) is 0 Å². The van der Waals surface area contributed by atoms with Crippen LogP contribution in [0.1, 0.15) is 40.4 Å². The molecule has 92 valence electrons. The van der Waals surface area contributed by atoms with Crippen molar-refractivity contribution in [2.45, 2.75) is 25.7 Å². The zero-order chi connectivity index (χ0) is 12.7. The third-order valence-corrected chi connectivity index (χ3v) is 4.07. The van der Waals surface area contributed by atoms with Gasteiger partial charge in [0.15, 0.2) is 0 Å². The fraction of sp³-hybridized carbons (Fsp3) is 0.286. The van der Waals surface area contributed by atoms with Crippen LogP contribution in [-0.4, -0.2) is 16.1 Å². The van der Waals surface area contributed by atoms with Gasteiger partial charge in [0, 0.05) is 5.92 Å². The molecule has 1 N–H and O–H groups in total. The van der Waals surface area contributed by atoms with Crippen molar-refractivity contribution in [1.82, 2.24) is 4.98 Å². The highest BCUT2D eigenvalue weighted by Crippen LogP contribution is 2.42. The fourth-order valence-electron chi connectivity index (χ4n) is 2.13. The minimum Gasteiger partial charge on any atom is -0.478 e. The van der Waals surface area contributed by atoms with E-state index in [1.165, 1.54) is 0 Å². The van der Waals surface area contributed by atoms with Crippen molar-refractivity contribution in [3.63, 3.8) is 0 Å². The predicted molar refractivity (Wildman–Crippen MR) is 71.2 cm³/mol. The molecule has 0 bridgehead atoms. The first-order chi connectivity index (χ1) is 8.66. The molecule has 0 saturated heterocycles. The van der Waals surface area contributed by atoms with Crippen molar-refractivity contribution in [2.24, 2.45) is 0 Å². The monoisotopic (exact) mass is 259 g/mol. The molecule has 0 unspecified atom stereocenters. The van der Waals surface area contributed by atoms with Gasteiger partial charge in [0.2, 0.25) is 0 Å². The minimum absolute atomic E-state index is 0.343. The molecular weight excluding hydrogens is 246 g/mol. The smallest absolute Gasteiger partial charge is 0.337 e. The first-order valence-corrected chi connectivity index (χ1v) is 6.83. The van der Waals surface area contributed by atoms with Crippen LogP contribution in [0.3, 0.4) is 0 Å². The summed E-state index contributed by atoms with van der Waals surface area (Å²) in [4.78, 5) is 17.0. The highest BCUT2D eigenvalue weighted by atomic mass is 32.1. The fourth-order valence-corrected chi connectivity index (χ4v) is 2.91. The molecule has 18 heavy (non-hydrogen) atoms. The van der Waals surface area contributed by atoms with E-state index in [9.17, 15) is 9.90 Å². The third kappa shape index (κ3) is 1.93. The molecule has 2 aromatic heterocycles. The molecule has 0 amide bonds. The number of pyridine rings is 1. The van der Waals surface area contributed by atoms with Crippen LogP contribution in [0.5, 0.6) is 0 Å². The minimum atomic E-state index is -0.870. The predicted octanol–water partition coefficient (Wildman–Crippen LogP) is 3.69. The Kier molecular flexibility index (Phi) is 2.67. The number of thiophene rings is 1. The average Bonchev–Trinajstić information content (AvgIpc) is 3.04. The van der Waals surface area contributed by atoms with Crippen LogP contribution in [0.15, 0.2) is 23.6 Å². The Bertz CT molecular complexity index is 601. The van der Waals surface area contributed by atoms with Gasteiger partial charge in [0.05, 0.1) is 21.8 Å². The Morgan fingerprint density at radius 3 is 2.83 bits per heavy atom. The van der Waals surface area contributed by atoms with Crippen LogP contribution in [0.4, 0.5) is 0 Å². The summed E-state index contributed by atoms with van der Waals surface area (Å²) in [6, 6.07) is 5.78. The summed E-state index contributed by atoms with van der Waals surface area (Å²) in [5, 5.41) is 11.3. The molecule has 0 aliphatic heterocycles. The van der Waals surface area contributed by atoms with Gasteiger partial charge in [-0.1, -0.05) is 6.07 Å². The number of nitrogens with zero attached hydrogens (tertiary/aromatic N) is 1. The molecule has 0 radical (unpaired) electrons. The van der Waals surface area contributed by atoms with Gasteiger partial charge in [-0.05, 0) is 42.8 Å². The Labute approximate surface area is 109 Å². The number of carbonyl (C=O) groups is 1. The maximum absolute atomic E-state index is 11.3. The first kappa shape index (κ1) is 11.4. The second-order valence-electron chi connectivity index (χ2n) is 4.64. The maximum Gasteiger partial charge on any atom is 0.337 e. The molecule has 0 aromatic carbocycles. The lowest BCUT2D eigenvalue weighted by atomic mass is 10.0. The van der Waals surface area contributed by atoms with Gasteiger partial charge in [-0.3, -0.25) is 4.98 Å². The normalized spacial score (nSPS) is 14.7. The highest BCUT2D eigenvalue weighted by molar-refractivity contribution is 7.13. The van der Waals surface area contributed by atoms with Gasteiger partial charge < -0.3 is 5.11 Å². The number of rotatable bonds is 3. The van der Waals surface area contributed by atoms with Gasteiger partial charge >= 0.3 is 5.97 Å². The summed E-state index contributed by atoms with van der Waals surface area (Å²) in [5.41, 5.74) is 2.99. The Balaban J connectivity index is 2.17. The molecular formula is C14H13NO2S. The molecule has 2 aromatic rings. The zero-order valence-electron chi connectivity index (χ0n) is 10.0. The maximum atomic E-state index is 11.3. The van der Waals surface area contributed by atoms with E-state index in [-0.39, 0.29) is 0 Å². The van der Waals surface area contributed by atoms with Gasteiger partial charge in [0.25, 0.3) is 0 Å². The van der Waals surface area contributed by atoms with E-state index >= 15 is 0 Å². The van der Waals surface area contributed by atoms with E-state index in [4.69, 9.17) is 0 Å². The molecule has 0 atom stereocenters. The molecule has 1 fully saturated rings. The van der Waals surface area contributed by atoms with Crippen LogP contribution >= 0.6 is 11.3 Å². The summed E-state index contributed by atoms with van der Waals surface area (Å²) in [6.07, 6.45) is 2.11. The van der Waals surface area contributed by atoms with Crippen molar-refractivity contribution < 1.29 is 9.90 Å². The standard InChI is InChI=1S/C14H13NO2S/c1-8-7-10(14(16)17)13(9-4-5-9)15-12(8)11-3-2-6-18-11/h2-3,6-7,9H,4-5H2,1H3,(H,16,17). The van der Waals surface area contributed by atoms with Crippen LogP contribution in [0, 0.1) is 6.92 Å². The number of hydrogen-bond donors (Lipinski definition) is 1. The summed E-state index contributed by atoms with van der Waals surface area (Å²) >= 11 is 1.64. The van der Waals surface area contributed by atoms with Crippen molar-refractivity contribution >= 4 is 17.3 Å². The van der Waals surface area contributed by atoms with E-state index in [2.05, 4.69) is 4.98 Å². The van der Waals surface area contributed by atoms with Crippen molar-refractivity contribution in [1.29, 1.82) is 0 Å². The average molecular weight is 259 g/mol. The largest absolute Gasteiger partial charge is 0.478 e. The lowest BCUT2D eigenvalue weighted by Gasteiger charge is -2.09. The van der Waals surface area contributed by atoms with Crippen molar-refractivity contribution in [3.05, 3.63) is 40.4 Å². The number of aromatic carboxylic acids is 1. The van der Waals surface area contributed by atoms with E-state index in [1.54, 1.807) is 17.4 Å². The summed E-state index contributed by atoms with van der Waals surface area (Å²) in [7, 11) is 0. The number of carboxylic acids is 1. The number of carboxylic acid groups (broad SMARTS) is 1. The van der Waals surface area contributed by atoms with Crippen LogP contribution in [0.2, 0.25) is 0 Å².